The van der Waals surface area contributed by atoms with Crippen LogP contribution in [-0.4, -0.2) is 33.8 Å². The van der Waals surface area contributed by atoms with E-state index in [2.05, 4.69) is 0 Å². The van der Waals surface area contributed by atoms with Gasteiger partial charge in [-0.2, -0.15) is 0 Å². The summed E-state index contributed by atoms with van der Waals surface area (Å²) in [5.74, 6) is 0.481. The molecule has 1 atom stereocenters. The van der Waals surface area contributed by atoms with Gasteiger partial charge in [-0.25, -0.2) is 0 Å². The number of hydrogen-bond donors (Lipinski definition) is 3. The van der Waals surface area contributed by atoms with E-state index in [1.165, 1.54) is 11.8 Å². The summed E-state index contributed by atoms with van der Waals surface area (Å²) in [5, 5.41) is 26.8. The Morgan fingerprint density at radius 2 is 2.07 bits per heavy atom. The summed E-state index contributed by atoms with van der Waals surface area (Å²) in [7, 11) is 0. The minimum absolute atomic E-state index is 0.0516. The van der Waals surface area contributed by atoms with Gasteiger partial charge in [-0.05, 0) is 30.2 Å². The number of rotatable bonds is 5. The molecular weight excluding hydrogens is 212 g/mol. The van der Waals surface area contributed by atoms with Crippen LogP contribution in [0.3, 0.4) is 0 Å². The highest BCUT2D eigenvalue weighted by molar-refractivity contribution is 7.99. The predicted molar refractivity (Wildman–Crippen MR) is 60.9 cm³/mol. The first-order valence-electron chi connectivity index (χ1n) is 4.79. The maximum absolute atomic E-state index is 9.18. The summed E-state index contributed by atoms with van der Waals surface area (Å²) in [4.78, 5) is 1.04. The molecule has 0 aliphatic carbocycles. The lowest BCUT2D eigenvalue weighted by molar-refractivity contribution is 0.113. The largest absolute Gasteiger partial charge is 0.394 e. The van der Waals surface area contributed by atoms with Gasteiger partial charge >= 0.3 is 0 Å². The highest BCUT2D eigenvalue weighted by atomic mass is 32.2. The van der Waals surface area contributed by atoms with Crippen LogP contribution in [0.4, 0.5) is 0 Å². The van der Waals surface area contributed by atoms with Crippen molar-refractivity contribution in [3.05, 3.63) is 29.3 Å². The average Bonchev–Trinajstić information content (AvgIpc) is 2.26. The van der Waals surface area contributed by atoms with Crippen molar-refractivity contribution in [3.8, 4) is 0 Å². The molecule has 0 fully saturated rings. The van der Waals surface area contributed by atoms with Gasteiger partial charge < -0.3 is 15.3 Å². The van der Waals surface area contributed by atoms with Gasteiger partial charge in [0.1, 0.15) is 0 Å². The Labute approximate surface area is 93.8 Å². The molecule has 0 saturated carbocycles. The zero-order valence-corrected chi connectivity index (χ0v) is 9.50. The third kappa shape index (κ3) is 3.83. The molecule has 0 spiro atoms. The molecule has 15 heavy (non-hydrogen) atoms. The quantitative estimate of drug-likeness (QED) is 0.656. The van der Waals surface area contributed by atoms with E-state index in [1.807, 2.05) is 25.1 Å². The predicted octanol–water partition coefficient (Wildman–Crippen LogP) is 0.933. The molecule has 0 saturated heterocycles. The van der Waals surface area contributed by atoms with Crippen LogP contribution in [0.2, 0.25) is 0 Å². The van der Waals surface area contributed by atoms with E-state index in [1.54, 1.807) is 0 Å². The summed E-state index contributed by atoms with van der Waals surface area (Å²) in [6, 6.07) is 5.76. The second kappa shape index (κ2) is 6.12. The fourth-order valence-corrected chi connectivity index (χ4v) is 2.10. The van der Waals surface area contributed by atoms with Gasteiger partial charge in [-0.15, -0.1) is 11.8 Å². The van der Waals surface area contributed by atoms with Crippen LogP contribution in [-0.2, 0) is 6.61 Å². The smallest absolute Gasteiger partial charge is 0.0864 e. The minimum Gasteiger partial charge on any atom is -0.394 e. The average molecular weight is 228 g/mol. The van der Waals surface area contributed by atoms with Crippen molar-refractivity contribution in [2.24, 2.45) is 0 Å². The first-order chi connectivity index (χ1) is 7.17. The Kier molecular flexibility index (Phi) is 5.11. The standard InChI is InChI=1S/C11H16O3S/c1-8-4-11(3-2-9(8)5-12)15-7-10(14)6-13/h2-4,10,12-14H,5-7H2,1H3. The van der Waals surface area contributed by atoms with Gasteiger partial charge in [0, 0.05) is 10.6 Å². The minimum atomic E-state index is -0.673. The molecule has 84 valence electrons. The molecule has 3 nitrogen and oxygen atoms in total. The van der Waals surface area contributed by atoms with Crippen LogP contribution < -0.4 is 0 Å². The molecule has 0 radical (unpaired) electrons. The van der Waals surface area contributed by atoms with Crippen molar-refractivity contribution in [2.45, 2.75) is 24.5 Å². The lowest BCUT2D eigenvalue weighted by atomic mass is 10.1. The zero-order chi connectivity index (χ0) is 11.3. The number of aliphatic hydroxyl groups excluding tert-OH is 3. The maximum Gasteiger partial charge on any atom is 0.0864 e. The Morgan fingerprint density at radius 3 is 2.60 bits per heavy atom. The molecule has 0 aliphatic rings. The van der Waals surface area contributed by atoms with Crippen LogP contribution in [0.5, 0.6) is 0 Å². The van der Waals surface area contributed by atoms with Gasteiger partial charge in [-0.1, -0.05) is 6.07 Å². The van der Waals surface area contributed by atoms with Crippen LogP contribution in [0.25, 0.3) is 0 Å². The fraction of sp³-hybridized carbons (Fsp3) is 0.455. The second-order valence-corrected chi connectivity index (χ2v) is 4.49. The van der Waals surface area contributed by atoms with Crippen LogP contribution in [0, 0.1) is 6.92 Å². The molecule has 4 heteroatoms. The Bertz CT molecular complexity index is 315. The highest BCUT2D eigenvalue weighted by Gasteiger charge is 2.04. The van der Waals surface area contributed by atoms with Gasteiger partial charge in [0.05, 0.1) is 19.3 Å². The summed E-state index contributed by atoms with van der Waals surface area (Å²) < 4.78 is 0. The van der Waals surface area contributed by atoms with E-state index in [9.17, 15) is 5.11 Å². The molecule has 0 aliphatic heterocycles. The Hall–Kier alpha value is -0.550. The highest BCUT2D eigenvalue weighted by Crippen LogP contribution is 2.22. The van der Waals surface area contributed by atoms with Crippen molar-refractivity contribution in [3.63, 3.8) is 0 Å². The van der Waals surface area contributed by atoms with Crippen LogP contribution in [0.1, 0.15) is 11.1 Å². The molecule has 0 amide bonds. The summed E-state index contributed by atoms with van der Waals surface area (Å²) >= 11 is 1.49. The zero-order valence-electron chi connectivity index (χ0n) is 8.68. The van der Waals surface area contributed by atoms with Crippen molar-refractivity contribution < 1.29 is 15.3 Å². The van der Waals surface area contributed by atoms with Gasteiger partial charge in [0.2, 0.25) is 0 Å². The van der Waals surface area contributed by atoms with E-state index < -0.39 is 6.10 Å². The Balaban J connectivity index is 2.59. The van der Waals surface area contributed by atoms with E-state index in [0.717, 1.165) is 16.0 Å². The monoisotopic (exact) mass is 228 g/mol. The van der Waals surface area contributed by atoms with Gasteiger partial charge in [0.15, 0.2) is 0 Å². The number of benzene rings is 1. The van der Waals surface area contributed by atoms with E-state index in [4.69, 9.17) is 10.2 Å². The number of aliphatic hydroxyl groups is 3. The van der Waals surface area contributed by atoms with Crippen molar-refractivity contribution in [1.82, 2.24) is 0 Å². The van der Waals surface area contributed by atoms with Gasteiger partial charge in [-0.3, -0.25) is 0 Å². The summed E-state index contributed by atoms with van der Waals surface area (Å²) in [6.45, 7) is 1.79. The molecule has 0 heterocycles. The third-order valence-electron chi connectivity index (χ3n) is 2.14. The van der Waals surface area contributed by atoms with Crippen molar-refractivity contribution >= 4 is 11.8 Å². The summed E-state index contributed by atoms with van der Waals surface area (Å²) in [5.41, 5.74) is 1.96. The molecule has 3 N–H and O–H groups in total. The van der Waals surface area contributed by atoms with Crippen LogP contribution >= 0.6 is 11.8 Å². The van der Waals surface area contributed by atoms with E-state index >= 15 is 0 Å². The van der Waals surface area contributed by atoms with E-state index in [-0.39, 0.29) is 13.2 Å². The van der Waals surface area contributed by atoms with Crippen LogP contribution in [0.15, 0.2) is 23.1 Å². The molecule has 0 aromatic heterocycles. The second-order valence-electron chi connectivity index (χ2n) is 3.39. The van der Waals surface area contributed by atoms with Crippen molar-refractivity contribution in [2.75, 3.05) is 12.4 Å². The summed E-state index contributed by atoms with van der Waals surface area (Å²) in [6.07, 6.45) is -0.673. The fourth-order valence-electron chi connectivity index (χ4n) is 1.18. The first kappa shape index (κ1) is 12.5. The van der Waals surface area contributed by atoms with Crippen molar-refractivity contribution in [1.29, 1.82) is 0 Å². The number of thioether (sulfide) groups is 1. The normalized spacial score (nSPS) is 12.8. The number of aryl methyl sites for hydroxylation is 1. The topological polar surface area (TPSA) is 60.7 Å². The molecule has 1 aromatic carbocycles. The molecule has 1 aromatic rings. The molecular formula is C11H16O3S. The SMILES string of the molecule is Cc1cc(SCC(O)CO)ccc1CO. The van der Waals surface area contributed by atoms with Gasteiger partial charge in [0.25, 0.3) is 0 Å². The molecule has 1 rings (SSSR count). The third-order valence-corrected chi connectivity index (χ3v) is 3.28. The lowest BCUT2D eigenvalue weighted by Gasteiger charge is -2.08. The molecule has 0 bridgehead atoms. The first-order valence-corrected chi connectivity index (χ1v) is 5.78. The maximum atomic E-state index is 9.18. The molecule has 1 unspecified atom stereocenters. The van der Waals surface area contributed by atoms with E-state index in [0.29, 0.717) is 5.75 Å². The lowest BCUT2D eigenvalue weighted by Crippen LogP contribution is -2.14. The Morgan fingerprint density at radius 1 is 1.33 bits per heavy atom. The number of hydrogen-bond acceptors (Lipinski definition) is 4.